The van der Waals surface area contributed by atoms with Crippen molar-refractivity contribution in [3.63, 3.8) is 0 Å². The summed E-state index contributed by atoms with van der Waals surface area (Å²) in [5, 5.41) is 7.44. The molecule has 1 heterocycles. The lowest BCUT2D eigenvalue weighted by Gasteiger charge is -2.06. The number of rotatable bonds is 6. The molecule has 0 spiro atoms. The summed E-state index contributed by atoms with van der Waals surface area (Å²) < 4.78 is 1.76. The third-order valence-corrected chi connectivity index (χ3v) is 5.12. The van der Waals surface area contributed by atoms with Gasteiger partial charge in [0.1, 0.15) is 5.82 Å². The molecule has 3 aromatic carbocycles. The lowest BCUT2D eigenvalue weighted by atomic mass is 10.1. The molecule has 0 aliphatic rings. The maximum atomic E-state index is 12.8. The second kappa shape index (κ2) is 8.74. The number of para-hydroxylation sites is 1. The molecule has 0 fully saturated rings. The molecule has 0 radical (unpaired) electrons. The Kier molecular flexibility index (Phi) is 5.70. The van der Waals surface area contributed by atoms with Gasteiger partial charge in [0.05, 0.1) is 5.69 Å². The van der Waals surface area contributed by atoms with E-state index in [4.69, 9.17) is 0 Å². The standard InChI is InChI=1S/C25H24N4O/c1-18-13-15-21(17-19(18)2)26-25(30)24-27-23(16-14-20-9-5-3-6-10-20)29(28-24)22-11-7-4-8-12-22/h3-13,15,17H,14,16H2,1-2H3,(H,26,30). The Balaban J connectivity index is 1.60. The third kappa shape index (κ3) is 4.46. The Labute approximate surface area is 176 Å². The van der Waals surface area contributed by atoms with Crippen molar-refractivity contribution in [3.05, 3.63) is 107 Å². The molecule has 0 atom stereocenters. The second-order valence-corrected chi connectivity index (χ2v) is 7.34. The van der Waals surface area contributed by atoms with Crippen molar-refractivity contribution in [2.24, 2.45) is 0 Å². The largest absolute Gasteiger partial charge is 0.319 e. The van der Waals surface area contributed by atoms with Crippen molar-refractivity contribution in [2.45, 2.75) is 26.7 Å². The summed E-state index contributed by atoms with van der Waals surface area (Å²) in [5.41, 5.74) is 5.16. The van der Waals surface area contributed by atoms with Crippen molar-refractivity contribution in [1.29, 1.82) is 0 Å². The number of hydrogen-bond donors (Lipinski definition) is 1. The van der Waals surface area contributed by atoms with E-state index in [0.29, 0.717) is 6.42 Å². The monoisotopic (exact) mass is 396 g/mol. The van der Waals surface area contributed by atoms with Gasteiger partial charge in [-0.15, -0.1) is 5.10 Å². The van der Waals surface area contributed by atoms with E-state index in [1.54, 1.807) is 4.68 Å². The third-order valence-electron chi connectivity index (χ3n) is 5.12. The summed E-state index contributed by atoms with van der Waals surface area (Å²) in [7, 11) is 0. The van der Waals surface area contributed by atoms with E-state index in [9.17, 15) is 4.79 Å². The Morgan fingerprint density at radius 1 is 0.867 bits per heavy atom. The van der Waals surface area contributed by atoms with Gasteiger partial charge in [0, 0.05) is 12.1 Å². The van der Waals surface area contributed by atoms with Gasteiger partial charge in [-0.1, -0.05) is 54.6 Å². The minimum Gasteiger partial charge on any atom is -0.319 e. The molecule has 0 unspecified atom stereocenters. The highest BCUT2D eigenvalue weighted by molar-refractivity contribution is 6.01. The van der Waals surface area contributed by atoms with Crippen LogP contribution >= 0.6 is 0 Å². The van der Waals surface area contributed by atoms with E-state index < -0.39 is 0 Å². The number of anilines is 1. The minimum atomic E-state index is -0.311. The molecule has 1 N–H and O–H groups in total. The Bertz CT molecular complexity index is 1150. The molecule has 30 heavy (non-hydrogen) atoms. The van der Waals surface area contributed by atoms with E-state index in [1.165, 1.54) is 11.1 Å². The molecule has 5 heteroatoms. The van der Waals surface area contributed by atoms with Crippen LogP contribution in [0.2, 0.25) is 0 Å². The highest BCUT2D eigenvalue weighted by atomic mass is 16.2. The summed E-state index contributed by atoms with van der Waals surface area (Å²) in [6.45, 7) is 4.07. The fourth-order valence-electron chi connectivity index (χ4n) is 3.29. The maximum Gasteiger partial charge on any atom is 0.295 e. The quantitative estimate of drug-likeness (QED) is 0.503. The van der Waals surface area contributed by atoms with Gasteiger partial charge in [0.2, 0.25) is 5.82 Å². The summed E-state index contributed by atoms with van der Waals surface area (Å²) in [6, 6.07) is 25.9. The van der Waals surface area contributed by atoms with E-state index in [0.717, 1.165) is 29.2 Å². The molecule has 0 aliphatic carbocycles. The van der Waals surface area contributed by atoms with Crippen molar-refractivity contribution >= 4 is 11.6 Å². The van der Waals surface area contributed by atoms with Crippen LogP contribution < -0.4 is 5.32 Å². The predicted molar refractivity (Wildman–Crippen MR) is 119 cm³/mol. The van der Waals surface area contributed by atoms with Gasteiger partial charge in [-0.05, 0) is 61.2 Å². The van der Waals surface area contributed by atoms with Gasteiger partial charge in [0.15, 0.2) is 0 Å². The number of carbonyl (C=O) groups excluding carboxylic acids is 1. The van der Waals surface area contributed by atoms with Crippen LogP contribution in [0.5, 0.6) is 0 Å². The van der Waals surface area contributed by atoms with Crippen LogP contribution in [0, 0.1) is 13.8 Å². The molecule has 1 aromatic heterocycles. The highest BCUT2D eigenvalue weighted by Gasteiger charge is 2.18. The average molecular weight is 396 g/mol. The molecular formula is C25H24N4O. The molecule has 0 bridgehead atoms. The fourth-order valence-corrected chi connectivity index (χ4v) is 3.29. The zero-order valence-electron chi connectivity index (χ0n) is 17.2. The van der Waals surface area contributed by atoms with Crippen LogP contribution in [0.15, 0.2) is 78.9 Å². The fraction of sp³-hybridized carbons (Fsp3) is 0.160. The van der Waals surface area contributed by atoms with Gasteiger partial charge >= 0.3 is 0 Å². The SMILES string of the molecule is Cc1ccc(NC(=O)c2nc(CCc3ccccc3)n(-c3ccccc3)n2)cc1C. The predicted octanol–water partition coefficient (Wildman–Crippen LogP) is 4.92. The lowest BCUT2D eigenvalue weighted by Crippen LogP contribution is -2.14. The summed E-state index contributed by atoms with van der Waals surface area (Å²) >= 11 is 0. The number of nitrogens with one attached hydrogen (secondary N) is 1. The lowest BCUT2D eigenvalue weighted by molar-refractivity contribution is 0.101. The first kappa shape index (κ1) is 19.6. The Morgan fingerprint density at radius 2 is 1.57 bits per heavy atom. The number of benzene rings is 3. The van der Waals surface area contributed by atoms with Crippen molar-refractivity contribution in [1.82, 2.24) is 14.8 Å². The number of aryl methyl sites for hydroxylation is 4. The number of carbonyl (C=O) groups is 1. The van der Waals surface area contributed by atoms with E-state index in [1.807, 2.05) is 80.6 Å². The Morgan fingerprint density at radius 3 is 2.27 bits per heavy atom. The zero-order chi connectivity index (χ0) is 20.9. The van der Waals surface area contributed by atoms with Crippen molar-refractivity contribution < 1.29 is 4.79 Å². The summed E-state index contributed by atoms with van der Waals surface area (Å²) in [4.78, 5) is 17.4. The van der Waals surface area contributed by atoms with Crippen LogP contribution in [-0.4, -0.2) is 20.7 Å². The van der Waals surface area contributed by atoms with E-state index in [2.05, 4.69) is 27.5 Å². The van der Waals surface area contributed by atoms with Crippen LogP contribution in [0.3, 0.4) is 0 Å². The zero-order valence-corrected chi connectivity index (χ0v) is 17.2. The normalized spacial score (nSPS) is 10.7. The average Bonchev–Trinajstić information content (AvgIpc) is 3.21. The molecule has 4 aromatic rings. The first-order valence-corrected chi connectivity index (χ1v) is 10.0. The van der Waals surface area contributed by atoms with Crippen LogP contribution in [0.25, 0.3) is 5.69 Å². The smallest absolute Gasteiger partial charge is 0.295 e. The van der Waals surface area contributed by atoms with Gasteiger partial charge in [0.25, 0.3) is 5.91 Å². The molecule has 0 saturated carbocycles. The van der Waals surface area contributed by atoms with Crippen LogP contribution in [-0.2, 0) is 12.8 Å². The first-order valence-electron chi connectivity index (χ1n) is 10.0. The number of amides is 1. The second-order valence-electron chi connectivity index (χ2n) is 7.34. The van der Waals surface area contributed by atoms with E-state index >= 15 is 0 Å². The summed E-state index contributed by atoms with van der Waals surface area (Å²) in [6.07, 6.45) is 1.51. The van der Waals surface area contributed by atoms with Crippen LogP contribution in [0.4, 0.5) is 5.69 Å². The molecule has 0 saturated heterocycles. The first-order chi connectivity index (χ1) is 14.6. The van der Waals surface area contributed by atoms with Crippen molar-refractivity contribution in [3.8, 4) is 5.69 Å². The van der Waals surface area contributed by atoms with Gasteiger partial charge < -0.3 is 5.32 Å². The molecular weight excluding hydrogens is 372 g/mol. The summed E-state index contributed by atoms with van der Waals surface area (Å²) in [5.74, 6) is 0.615. The molecule has 150 valence electrons. The topological polar surface area (TPSA) is 59.8 Å². The molecule has 0 aliphatic heterocycles. The van der Waals surface area contributed by atoms with Gasteiger partial charge in [-0.25, -0.2) is 9.67 Å². The Hall–Kier alpha value is -3.73. The maximum absolute atomic E-state index is 12.8. The van der Waals surface area contributed by atoms with E-state index in [-0.39, 0.29) is 11.7 Å². The minimum absolute atomic E-state index is 0.167. The highest BCUT2D eigenvalue weighted by Crippen LogP contribution is 2.16. The van der Waals surface area contributed by atoms with Gasteiger partial charge in [-0.2, -0.15) is 0 Å². The molecule has 4 rings (SSSR count). The van der Waals surface area contributed by atoms with Crippen LogP contribution in [0.1, 0.15) is 33.1 Å². The number of hydrogen-bond acceptors (Lipinski definition) is 3. The number of nitrogens with zero attached hydrogens (tertiary/aromatic N) is 3. The van der Waals surface area contributed by atoms with Crippen molar-refractivity contribution in [2.75, 3.05) is 5.32 Å². The van der Waals surface area contributed by atoms with Gasteiger partial charge in [-0.3, -0.25) is 4.79 Å². The molecule has 1 amide bonds. The number of aromatic nitrogens is 3. The molecule has 5 nitrogen and oxygen atoms in total.